The van der Waals surface area contributed by atoms with E-state index in [-0.39, 0.29) is 12.1 Å². The van der Waals surface area contributed by atoms with Crippen molar-refractivity contribution in [3.05, 3.63) is 29.3 Å². The molecule has 0 radical (unpaired) electrons. The number of hydrogen-bond donors (Lipinski definition) is 1. The number of fused-ring (bicyclic) bond motifs is 3. The number of nitrogens with one attached hydrogen (secondary N) is 1. The van der Waals surface area contributed by atoms with E-state index in [2.05, 4.69) is 5.32 Å². The first-order valence-electron chi connectivity index (χ1n) is 7.08. The van der Waals surface area contributed by atoms with E-state index in [0.717, 1.165) is 30.7 Å². The molecule has 0 bridgehead atoms. The molecular weight excluding hydrogens is 267 g/mol. The van der Waals surface area contributed by atoms with Crippen LogP contribution in [0.1, 0.15) is 42.9 Å². The number of hydrogen-bond acceptors (Lipinski definition) is 2. The Morgan fingerprint density at radius 3 is 2.70 bits per heavy atom. The summed E-state index contributed by atoms with van der Waals surface area (Å²) in [6.07, 6.45) is 0.301. The summed E-state index contributed by atoms with van der Waals surface area (Å²) in [7, 11) is 0. The third-order valence-corrected chi connectivity index (χ3v) is 5.07. The molecule has 2 nitrogen and oxygen atoms in total. The van der Waals surface area contributed by atoms with Crippen molar-refractivity contribution < 1.29 is 17.9 Å². The highest BCUT2D eigenvalue weighted by atomic mass is 19.4. The maximum Gasteiger partial charge on any atom is 0.416 e. The Labute approximate surface area is 115 Å². The first-order chi connectivity index (χ1) is 9.47. The van der Waals surface area contributed by atoms with Crippen molar-refractivity contribution in [3.8, 4) is 5.75 Å². The van der Waals surface area contributed by atoms with Gasteiger partial charge in [0.15, 0.2) is 0 Å². The molecule has 0 amide bonds. The highest BCUT2D eigenvalue weighted by molar-refractivity contribution is 5.45. The maximum atomic E-state index is 12.7. The van der Waals surface area contributed by atoms with Crippen LogP contribution in [0.25, 0.3) is 0 Å². The Hall–Kier alpha value is -1.23. The minimum Gasteiger partial charge on any atom is -0.488 e. The van der Waals surface area contributed by atoms with Crippen molar-refractivity contribution in [2.24, 2.45) is 5.41 Å². The van der Waals surface area contributed by atoms with E-state index in [1.54, 1.807) is 6.07 Å². The molecule has 1 N–H and O–H groups in total. The predicted molar refractivity (Wildman–Crippen MR) is 67.5 cm³/mol. The van der Waals surface area contributed by atoms with Gasteiger partial charge in [0.1, 0.15) is 11.9 Å². The summed E-state index contributed by atoms with van der Waals surface area (Å²) in [6.45, 7) is 0.956. The van der Waals surface area contributed by atoms with Crippen LogP contribution in [0.15, 0.2) is 18.2 Å². The van der Waals surface area contributed by atoms with Crippen molar-refractivity contribution in [2.75, 3.05) is 6.54 Å². The van der Waals surface area contributed by atoms with E-state index in [0.29, 0.717) is 11.2 Å². The summed E-state index contributed by atoms with van der Waals surface area (Å²) in [6, 6.07) is 3.91. The van der Waals surface area contributed by atoms with Crippen LogP contribution in [-0.4, -0.2) is 12.6 Å². The zero-order valence-corrected chi connectivity index (χ0v) is 11.0. The van der Waals surface area contributed by atoms with Crippen LogP contribution in [0.3, 0.4) is 0 Å². The maximum absolute atomic E-state index is 12.7. The highest BCUT2D eigenvalue weighted by Crippen LogP contribution is 2.52. The molecule has 2 aliphatic heterocycles. The number of benzene rings is 1. The molecule has 2 atom stereocenters. The molecule has 108 valence electrons. The average molecular weight is 283 g/mol. The molecule has 2 heterocycles. The normalized spacial score (nSPS) is 30.4. The van der Waals surface area contributed by atoms with Gasteiger partial charge in [-0.1, -0.05) is 12.5 Å². The molecule has 1 saturated heterocycles. The van der Waals surface area contributed by atoms with Crippen LogP contribution in [0, 0.1) is 5.41 Å². The molecule has 1 saturated carbocycles. The zero-order valence-electron chi connectivity index (χ0n) is 11.0. The lowest BCUT2D eigenvalue weighted by molar-refractivity contribution is -0.137. The van der Waals surface area contributed by atoms with Gasteiger partial charge in [-0.3, -0.25) is 0 Å². The van der Waals surface area contributed by atoms with E-state index in [1.807, 2.05) is 0 Å². The second-order valence-electron chi connectivity index (χ2n) is 6.32. The predicted octanol–water partition coefficient (Wildman–Crippen LogP) is 3.67. The minimum atomic E-state index is -4.31. The molecule has 1 aliphatic carbocycles. The summed E-state index contributed by atoms with van der Waals surface area (Å²) in [4.78, 5) is 0. The van der Waals surface area contributed by atoms with Crippen LogP contribution in [-0.2, 0) is 6.18 Å². The molecule has 1 aromatic carbocycles. The summed E-state index contributed by atoms with van der Waals surface area (Å²) >= 11 is 0. The van der Waals surface area contributed by atoms with Gasteiger partial charge in [-0.25, -0.2) is 0 Å². The van der Waals surface area contributed by atoms with Crippen LogP contribution in [0.5, 0.6) is 5.75 Å². The lowest BCUT2D eigenvalue weighted by atomic mass is 9.63. The van der Waals surface area contributed by atoms with Crippen LogP contribution < -0.4 is 10.1 Å². The van der Waals surface area contributed by atoms with E-state index in [9.17, 15) is 13.2 Å². The summed E-state index contributed by atoms with van der Waals surface area (Å²) in [5.41, 5.74) is 0.571. The topological polar surface area (TPSA) is 21.3 Å². The first-order valence-corrected chi connectivity index (χ1v) is 7.08. The highest BCUT2D eigenvalue weighted by Gasteiger charge is 2.49. The van der Waals surface area contributed by atoms with Gasteiger partial charge in [0.05, 0.1) is 11.6 Å². The zero-order chi connectivity index (χ0) is 14.0. The molecule has 2 fully saturated rings. The van der Waals surface area contributed by atoms with Crippen molar-refractivity contribution in [3.63, 3.8) is 0 Å². The second kappa shape index (κ2) is 3.91. The van der Waals surface area contributed by atoms with E-state index in [1.165, 1.54) is 19.3 Å². The van der Waals surface area contributed by atoms with E-state index < -0.39 is 11.7 Å². The molecule has 1 aromatic rings. The Kier molecular flexibility index (Phi) is 2.44. The Bertz CT molecular complexity index is 551. The van der Waals surface area contributed by atoms with Gasteiger partial charge >= 0.3 is 6.18 Å². The summed E-state index contributed by atoms with van der Waals surface area (Å²) in [5, 5.41) is 3.48. The molecule has 3 aliphatic rings. The van der Waals surface area contributed by atoms with Crippen LogP contribution >= 0.6 is 0 Å². The first kappa shape index (κ1) is 12.5. The molecule has 0 unspecified atom stereocenters. The van der Waals surface area contributed by atoms with Gasteiger partial charge in [0.25, 0.3) is 0 Å². The summed E-state index contributed by atoms with van der Waals surface area (Å²) < 4.78 is 44.0. The van der Waals surface area contributed by atoms with Gasteiger partial charge in [-0.05, 0) is 36.8 Å². The number of halogens is 3. The van der Waals surface area contributed by atoms with Crippen LogP contribution in [0.2, 0.25) is 0 Å². The molecule has 4 rings (SSSR count). The molecule has 5 heteroatoms. The standard InChI is InChI=1S/C15H16F3NO/c16-15(17,18)9-2-3-10-11(6-9)20-12-7-14(4-1-5-14)8-19-13(10)12/h2-3,6,12-13,19H,1,4-5,7-8H2/t12-,13-/m0/s1. The summed E-state index contributed by atoms with van der Waals surface area (Å²) in [5.74, 6) is 0.402. The largest absolute Gasteiger partial charge is 0.488 e. The monoisotopic (exact) mass is 283 g/mol. The fourth-order valence-electron chi connectivity index (χ4n) is 3.79. The Balaban J connectivity index is 1.63. The lowest BCUT2D eigenvalue weighted by Crippen LogP contribution is -2.51. The fourth-order valence-corrected chi connectivity index (χ4v) is 3.79. The number of alkyl halides is 3. The van der Waals surface area contributed by atoms with Gasteiger partial charge < -0.3 is 10.1 Å². The third kappa shape index (κ3) is 1.75. The number of piperidine rings is 1. The number of rotatable bonds is 0. The Morgan fingerprint density at radius 1 is 1.25 bits per heavy atom. The Morgan fingerprint density at radius 2 is 2.05 bits per heavy atom. The van der Waals surface area contributed by atoms with Crippen molar-refractivity contribution >= 4 is 0 Å². The van der Waals surface area contributed by atoms with E-state index in [4.69, 9.17) is 4.74 Å². The SMILES string of the molecule is FC(F)(F)c1ccc2c(c1)O[C@H]1CC3(CCC3)CN[C@@H]21. The lowest BCUT2D eigenvalue weighted by Gasteiger charge is -2.48. The van der Waals surface area contributed by atoms with Gasteiger partial charge in [0, 0.05) is 12.1 Å². The van der Waals surface area contributed by atoms with Crippen LogP contribution in [0.4, 0.5) is 13.2 Å². The van der Waals surface area contributed by atoms with Gasteiger partial charge in [0.2, 0.25) is 0 Å². The molecular formula is C15H16F3NO. The third-order valence-electron chi connectivity index (χ3n) is 5.07. The van der Waals surface area contributed by atoms with E-state index >= 15 is 0 Å². The average Bonchev–Trinajstić information content (AvgIpc) is 2.71. The van der Waals surface area contributed by atoms with Gasteiger partial charge in [-0.2, -0.15) is 13.2 Å². The van der Waals surface area contributed by atoms with Crippen molar-refractivity contribution in [2.45, 2.75) is 44.0 Å². The molecule has 20 heavy (non-hydrogen) atoms. The number of ether oxygens (including phenoxy) is 1. The smallest absolute Gasteiger partial charge is 0.416 e. The molecule has 0 aromatic heterocycles. The van der Waals surface area contributed by atoms with Crippen molar-refractivity contribution in [1.82, 2.24) is 5.32 Å². The van der Waals surface area contributed by atoms with Gasteiger partial charge in [-0.15, -0.1) is 0 Å². The fraction of sp³-hybridized carbons (Fsp3) is 0.600. The quantitative estimate of drug-likeness (QED) is 0.784. The second-order valence-corrected chi connectivity index (χ2v) is 6.32. The van der Waals surface area contributed by atoms with Crippen molar-refractivity contribution in [1.29, 1.82) is 0 Å². The minimum absolute atomic E-state index is 0.0115. The molecule has 1 spiro atoms.